The van der Waals surface area contributed by atoms with Gasteiger partial charge in [0.15, 0.2) is 18.9 Å². The van der Waals surface area contributed by atoms with Gasteiger partial charge >= 0.3 is 0 Å². The van der Waals surface area contributed by atoms with Crippen molar-refractivity contribution in [3.63, 3.8) is 0 Å². The van der Waals surface area contributed by atoms with E-state index in [0.29, 0.717) is 12.8 Å². The third-order valence-electron chi connectivity index (χ3n) is 17.6. The fraction of sp³-hybridized carbons (Fsp3) is 0.955. The molecule has 0 radical (unpaired) electrons. The van der Waals surface area contributed by atoms with Crippen LogP contribution in [-0.4, -0.2) is 193 Å². The molecule has 17 atom stereocenters. The lowest BCUT2D eigenvalue weighted by Crippen LogP contribution is -2.66. The molecular formula is C66H125NO18. The average molecular weight is 1220 g/mol. The fourth-order valence-electron chi connectivity index (χ4n) is 12.0. The van der Waals surface area contributed by atoms with Crippen molar-refractivity contribution in [2.45, 2.75) is 375 Å². The molecule has 3 saturated heterocycles. The van der Waals surface area contributed by atoms with Gasteiger partial charge in [-0.05, 0) is 12.8 Å². The number of carbonyl (C=O) groups is 1. The van der Waals surface area contributed by atoms with E-state index in [1.807, 2.05) is 6.92 Å². The molecule has 0 aromatic carbocycles. The molecule has 0 aromatic heterocycles. The van der Waals surface area contributed by atoms with E-state index in [0.717, 1.165) is 25.7 Å². The first kappa shape index (κ1) is 77.8. The lowest BCUT2D eigenvalue weighted by molar-refractivity contribution is -0.379. The van der Waals surface area contributed by atoms with Gasteiger partial charge in [0.05, 0.1) is 38.6 Å². The largest absolute Gasteiger partial charge is 0.394 e. The smallest absolute Gasteiger partial charge is 0.220 e. The van der Waals surface area contributed by atoms with Gasteiger partial charge in [-0.3, -0.25) is 4.79 Å². The van der Waals surface area contributed by atoms with Crippen LogP contribution in [0.15, 0.2) is 12.2 Å². The van der Waals surface area contributed by atoms with Gasteiger partial charge in [0.2, 0.25) is 5.91 Å². The van der Waals surface area contributed by atoms with E-state index in [1.165, 1.54) is 212 Å². The van der Waals surface area contributed by atoms with Gasteiger partial charge < -0.3 is 89.9 Å². The normalized spacial score (nSPS) is 29.0. The first-order chi connectivity index (χ1) is 41.3. The third-order valence-corrected chi connectivity index (χ3v) is 17.6. The highest BCUT2D eigenvalue weighted by Gasteiger charge is 2.53. The summed E-state index contributed by atoms with van der Waals surface area (Å²) in [6, 6.07) is -0.964. The molecular weight excluding hydrogens is 1090 g/mol. The quantitative estimate of drug-likeness (QED) is 0.0201. The maximum atomic E-state index is 13.2. The molecule has 1 amide bonds. The summed E-state index contributed by atoms with van der Waals surface area (Å²) in [5.74, 6) is -0.282. The molecule has 3 aliphatic rings. The molecule has 502 valence electrons. The second-order valence-electron chi connectivity index (χ2n) is 25.0. The number of ether oxygens (including phenoxy) is 6. The van der Waals surface area contributed by atoms with Crippen LogP contribution < -0.4 is 5.32 Å². The second-order valence-corrected chi connectivity index (χ2v) is 25.0. The van der Waals surface area contributed by atoms with E-state index in [9.17, 15) is 61.0 Å². The Kier molecular flexibility index (Phi) is 45.1. The Morgan fingerprint density at radius 3 is 1.08 bits per heavy atom. The van der Waals surface area contributed by atoms with E-state index in [-0.39, 0.29) is 18.9 Å². The van der Waals surface area contributed by atoms with Gasteiger partial charge in [0, 0.05) is 6.42 Å². The van der Waals surface area contributed by atoms with Crippen molar-refractivity contribution in [2.75, 3.05) is 26.4 Å². The number of carbonyl (C=O) groups excluding carboxylic acids is 1. The van der Waals surface area contributed by atoms with E-state index in [4.69, 9.17) is 28.4 Å². The van der Waals surface area contributed by atoms with Crippen LogP contribution in [0.25, 0.3) is 0 Å². The van der Waals surface area contributed by atoms with Crippen molar-refractivity contribution < 1.29 is 89.4 Å². The van der Waals surface area contributed by atoms with Crippen LogP contribution in [0.1, 0.15) is 271 Å². The van der Waals surface area contributed by atoms with Crippen LogP contribution in [-0.2, 0) is 33.2 Å². The molecule has 19 heteroatoms. The van der Waals surface area contributed by atoms with E-state index in [2.05, 4.69) is 12.2 Å². The molecule has 0 bridgehead atoms. The minimum absolute atomic E-state index is 0.246. The zero-order valence-corrected chi connectivity index (χ0v) is 52.9. The molecule has 3 rings (SSSR count). The Labute approximate surface area is 512 Å². The predicted molar refractivity (Wildman–Crippen MR) is 328 cm³/mol. The molecule has 3 fully saturated rings. The summed E-state index contributed by atoms with van der Waals surface area (Å²) in [4.78, 5) is 13.2. The minimum Gasteiger partial charge on any atom is -0.394 e. The molecule has 0 spiro atoms. The summed E-state index contributed by atoms with van der Waals surface area (Å²) in [5, 5.41) is 119. The number of hydrogen-bond donors (Lipinski definition) is 12. The van der Waals surface area contributed by atoms with Crippen LogP contribution in [0.4, 0.5) is 0 Å². The number of nitrogens with one attached hydrogen (secondary N) is 1. The number of rotatable bonds is 53. The van der Waals surface area contributed by atoms with Crippen LogP contribution >= 0.6 is 0 Å². The summed E-state index contributed by atoms with van der Waals surface area (Å²) in [6.45, 7) is 1.51. The Morgan fingerprint density at radius 2 is 0.729 bits per heavy atom. The van der Waals surface area contributed by atoms with Crippen LogP contribution in [0.2, 0.25) is 0 Å². The summed E-state index contributed by atoms with van der Waals surface area (Å²) in [6.07, 6.45) is 28.2. The van der Waals surface area contributed by atoms with Gasteiger partial charge in [0.25, 0.3) is 0 Å². The van der Waals surface area contributed by atoms with Crippen LogP contribution in [0.5, 0.6) is 0 Å². The van der Waals surface area contributed by atoms with Crippen molar-refractivity contribution in [1.82, 2.24) is 5.32 Å². The number of unbranched alkanes of at least 4 members (excludes halogenated alkanes) is 37. The maximum absolute atomic E-state index is 13.2. The standard InChI is InChI=1S/C66H125NO18/c1-3-5-7-8-9-10-11-12-13-14-15-16-17-18-19-20-21-22-23-24-25-26-27-28-29-30-31-32-33-34-35-36-37-38-39-40-42-44-54(72)67-49(50(71)43-41-6-4-2)48-80-64-60(78)57(75)62(52(46-69)82-64)85-66-61(79)58(76)63(53(47-70)83-66)84-65-59(77)56(74)55(73)51(45-68)81-65/h41,43,49-53,55-66,68-71,73-79H,3-40,42,44-48H2,1-2H3,(H,67,72)/b43-41+. The van der Waals surface area contributed by atoms with Gasteiger partial charge in [-0.2, -0.15) is 0 Å². The van der Waals surface area contributed by atoms with Crippen molar-refractivity contribution in [1.29, 1.82) is 0 Å². The topological polar surface area (TPSA) is 307 Å². The van der Waals surface area contributed by atoms with Gasteiger partial charge in [-0.25, -0.2) is 0 Å². The average Bonchev–Trinajstić information content (AvgIpc) is 3.63. The third kappa shape index (κ3) is 31.9. The Morgan fingerprint density at radius 1 is 0.412 bits per heavy atom. The fourth-order valence-corrected chi connectivity index (χ4v) is 12.0. The molecule has 0 saturated carbocycles. The lowest BCUT2D eigenvalue weighted by Gasteiger charge is -2.48. The zero-order chi connectivity index (χ0) is 61.9. The molecule has 85 heavy (non-hydrogen) atoms. The Balaban J connectivity index is 1.19. The molecule has 19 nitrogen and oxygen atoms in total. The first-order valence-corrected chi connectivity index (χ1v) is 34.4. The van der Waals surface area contributed by atoms with E-state index < -0.39 is 124 Å². The van der Waals surface area contributed by atoms with Gasteiger partial charge in [0.1, 0.15) is 73.2 Å². The number of hydrogen-bond acceptors (Lipinski definition) is 18. The SMILES string of the molecule is CCC/C=C/C(O)C(COC1OC(CO)C(OC2OC(CO)C(OC3OC(CO)C(O)C(O)C3O)C(O)C2O)C(O)C1O)NC(=O)CCCCCCCCCCCCCCCCCCCCCCCCCCCCCCCCCCCCCCC. The molecule has 0 aliphatic carbocycles. The van der Waals surface area contributed by atoms with Crippen molar-refractivity contribution in [3.8, 4) is 0 Å². The van der Waals surface area contributed by atoms with Crippen LogP contribution in [0, 0.1) is 0 Å². The van der Waals surface area contributed by atoms with Gasteiger partial charge in [-0.1, -0.05) is 264 Å². The highest BCUT2D eigenvalue weighted by Crippen LogP contribution is 2.33. The monoisotopic (exact) mass is 1220 g/mol. The van der Waals surface area contributed by atoms with E-state index in [1.54, 1.807) is 12.2 Å². The summed E-state index contributed by atoms with van der Waals surface area (Å²) in [5.41, 5.74) is 0. The molecule has 3 heterocycles. The highest BCUT2D eigenvalue weighted by molar-refractivity contribution is 5.76. The Bertz CT molecular complexity index is 1600. The highest BCUT2D eigenvalue weighted by atomic mass is 16.8. The summed E-state index contributed by atoms with van der Waals surface area (Å²) in [7, 11) is 0. The molecule has 17 unspecified atom stereocenters. The first-order valence-electron chi connectivity index (χ1n) is 34.4. The molecule has 3 aliphatic heterocycles. The summed E-state index contributed by atoms with van der Waals surface area (Å²) < 4.78 is 34.0. The van der Waals surface area contributed by atoms with Crippen molar-refractivity contribution >= 4 is 5.91 Å². The number of amides is 1. The summed E-state index contributed by atoms with van der Waals surface area (Å²) >= 11 is 0. The van der Waals surface area contributed by atoms with Crippen molar-refractivity contribution in [2.24, 2.45) is 0 Å². The molecule has 0 aromatic rings. The Hall–Kier alpha value is -1.47. The maximum Gasteiger partial charge on any atom is 0.220 e. The van der Waals surface area contributed by atoms with Crippen LogP contribution in [0.3, 0.4) is 0 Å². The van der Waals surface area contributed by atoms with Gasteiger partial charge in [-0.15, -0.1) is 0 Å². The zero-order valence-electron chi connectivity index (χ0n) is 52.9. The number of aliphatic hydroxyl groups excluding tert-OH is 11. The number of allylic oxidation sites excluding steroid dienone is 1. The van der Waals surface area contributed by atoms with E-state index >= 15 is 0 Å². The molecule has 12 N–H and O–H groups in total. The predicted octanol–water partition coefficient (Wildman–Crippen LogP) is 8.50. The number of aliphatic hydroxyl groups is 11. The van der Waals surface area contributed by atoms with Crippen molar-refractivity contribution in [3.05, 3.63) is 12.2 Å². The lowest BCUT2D eigenvalue weighted by atomic mass is 9.96. The minimum atomic E-state index is -1.97. The second kappa shape index (κ2) is 49.3.